The van der Waals surface area contributed by atoms with Gasteiger partial charge in [-0.25, -0.2) is 4.98 Å². The van der Waals surface area contributed by atoms with Crippen LogP contribution in [0.25, 0.3) is 0 Å². The van der Waals surface area contributed by atoms with E-state index in [1.807, 2.05) is 11.1 Å². The molecule has 3 rings (SSSR count). The Balaban J connectivity index is 0.000000902. The maximum absolute atomic E-state index is 12.3. The molecule has 1 aromatic rings. The lowest BCUT2D eigenvalue weighted by molar-refractivity contribution is -0.136. The third kappa shape index (κ3) is 3.22. The molecule has 5 nitrogen and oxygen atoms in total. The van der Waals surface area contributed by atoms with Crippen molar-refractivity contribution in [3.63, 3.8) is 0 Å². The van der Waals surface area contributed by atoms with Gasteiger partial charge in [-0.15, -0.1) is 24.8 Å². The average Bonchev–Trinajstić information content (AvgIpc) is 2.95. The predicted octanol–water partition coefficient (Wildman–Crippen LogP) is 1.20. The molecule has 1 fully saturated rings. The fraction of sp³-hybridized carbons (Fsp3) is 0.667. The molecule has 2 aliphatic rings. The molecule has 2 atom stereocenters. The van der Waals surface area contributed by atoms with Crippen LogP contribution in [0.4, 0.5) is 0 Å². The summed E-state index contributed by atoms with van der Waals surface area (Å²) in [6, 6.07) is 0.218. The second-order valence-corrected chi connectivity index (χ2v) is 5.07. The second-order valence-electron chi connectivity index (χ2n) is 5.07. The van der Waals surface area contributed by atoms with Crippen molar-refractivity contribution in [2.45, 2.75) is 38.4 Å². The van der Waals surface area contributed by atoms with Gasteiger partial charge >= 0.3 is 0 Å². The Morgan fingerprint density at radius 2 is 2.11 bits per heavy atom. The van der Waals surface area contributed by atoms with Crippen LogP contribution < -0.4 is 5.73 Å². The lowest BCUT2D eigenvalue weighted by atomic mass is 10.1. The summed E-state index contributed by atoms with van der Waals surface area (Å²) < 4.78 is 2.12. The van der Waals surface area contributed by atoms with Gasteiger partial charge in [-0.05, 0) is 19.3 Å². The Kier molecular flexibility index (Phi) is 5.64. The molecule has 0 spiro atoms. The summed E-state index contributed by atoms with van der Waals surface area (Å²) in [5.41, 5.74) is 5.87. The Bertz CT molecular complexity index is 437. The number of nitrogens with zero attached hydrogens (tertiary/aromatic N) is 3. The number of hydrogen-bond donors (Lipinski definition) is 1. The summed E-state index contributed by atoms with van der Waals surface area (Å²) in [7, 11) is 0. The molecule has 1 aliphatic carbocycles. The Labute approximate surface area is 125 Å². The molecular weight excluding hydrogens is 287 g/mol. The number of halogens is 2. The average molecular weight is 307 g/mol. The van der Waals surface area contributed by atoms with Gasteiger partial charge in [0, 0.05) is 37.4 Å². The molecule has 0 bridgehead atoms. The van der Waals surface area contributed by atoms with E-state index in [0.717, 1.165) is 38.2 Å². The van der Waals surface area contributed by atoms with E-state index in [2.05, 4.69) is 9.55 Å². The summed E-state index contributed by atoms with van der Waals surface area (Å²) in [5, 5.41) is 0. The number of carbonyl (C=O) groups is 1. The van der Waals surface area contributed by atoms with Crippen LogP contribution in [0, 0.1) is 5.92 Å². The van der Waals surface area contributed by atoms with E-state index in [9.17, 15) is 4.79 Å². The molecule has 1 amide bonds. The van der Waals surface area contributed by atoms with E-state index in [0.29, 0.717) is 6.54 Å². The quantitative estimate of drug-likeness (QED) is 0.848. The van der Waals surface area contributed by atoms with Crippen molar-refractivity contribution in [1.82, 2.24) is 14.5 Å². The van der Waals surface area contributed by atoms with Gasteiger partial charge in [0.15, 0.2) is 0 Å². The molecule has 0 aromatic carbocycles. The van der Waals surface area contributed by atoms with E-state index < -0.39 is 0 Å². The van der Waals surface area contributed by atoms with Gasteiger partial charge in [0.2, 0.25) is 5.91 Å². The number of hydrogen-bond acceptors (Lipinski definition) is 3. The van der Waals surface area contributed by atoms with E-state index >= 15 is 0 Å². The zero-order valence-electron chi connectivity index (χ0n) is 10.7. The molecule has 108 valence electrons. The Morgan fingerprint density at radius 3 is 2.79 bits per heavy atom. The van der Waals surface area contributed by atoms with Crippen molar-refractivity contribution in [2.24, 2.45) is 11.7 Å². The maximum atomic E-state index is 12.3. The summed E-state index contributed by atoms with van der Waals surface area (Å²) >= 11 is 0. The van der Waals surface area contributed by atoms with Gasteiger partial charge in [-0.2, -0.15) is 0 Å². The highest BCUT2D eigenvalue weighted by Crippen LogP contribution is 2.27. The van der Waals surface area contributed by atoms with Crippen molar-refractivity contribution in [3.8, 4) is 0 Å². The van der Waals surface area contributed by atoms with Gasteiger partial charge in [-0.1, -0.05) is 0 Å². The van der Waals surface area contributed by atoms with Crippen molar-refractivity contribution >= 4 is 30.7 Å². The maximum Gasteiger partial charge on any atom is 0.226 e. The van der Waals surface area contributed by atoms with Crippen LogP contribution in [0.15, 0.2) is 12.4 Å². The van der Waals surface area contributed by atoms with Crippen LogP contribution in [0.1, 0.15) is 25.1 Å². The number of carbonyl (C=O) groups excluding carboxylic acids is 1. The van der Waals surface area contributed by atoms with E-state index in [1.54, 1.807) is 6.20 Å². The Morgan fingerprint density at radius 1 is 1.32 bits per heavy atom. The first-order valence-electron chi connectivity index (χ1n) is 6.28. The molecule has 2 N–H and O–H groups in total. The van der Waals surface area contributed by atoms with Crippen LogP contribution in [-0.4, -0.2) is 32.9 Å². The number of aromatic nitrogens is 2. The third-order valence-electron chi connectivity index (χ3n) is 3.88. The molecular formula is C12H20Cl2N4O. The lowest BCUT2D eigenvalue weighted by Crippen LogP contribution is -2.41. The van der Waals surface area contributed by atoms with Gasteiger partial charge in [-0.3, -0.25) is 4.79 Å². The van der Waals surface area contributed by atoms with Crippen LogP contribution in [0.3, 0.4) is 0 Å². The molecule has 0 saturated heterocycles. The lowest BCUT2D eigenvalue weighted by Gasteiger charge is -2.29. The molecule has 2 unspecified atom stereocenters. The number of nitrogens with two attached hydrogens (primary N) is 1. The van der Waals surface area contributed by atoms with Crippen molar-refractivity contribution in [2.75, 3.05) is 6.54 Å². The smallest absolute Gasteiger partial charge is 0.226 e. The monoisotopic (exact) mass is 306 g/mol. The highest BCUT2D eigenvalue weighted by Gasteiger charge is 2.32. The topological polar surface area (TPSA) is 64.2 Å². The zero-order valence-corrected chi connectivity index (χ0v) is 12.3. The zero-order chi connectivity index (χ0) is 11.8. The number of imidazole rings is 1. The molecule has 7 heteroatoms. The van der Waals surface area contributed by atoms with E-state index in [-0.39, 0.29) is 42.7 Å². The fourth-order valence-corrected chi connectivity index (χ4v) is 2.86. The fourth-order valence-electron chi connectivity index (χ4n) is 2.86. The highest BCUT2D eigenvalue weighted by atomic mass is 35.5. The SMILES string of the molecule is Cl.Cl.NC1CCC(C(=O)N2CCn3ccnc3C2)C1. The number of amides is 1. The highest BCUT2D eigenvalue weighted by molar-refractivity contribution is 5.85. The van der Waals surface area contributed by atoms with Gasteiger partial charge < -0.3 is 15.2 Å². The minimum Gasteiger partial charge on any atom is -0.333 e. The molecule has 1 aromatic heterocycles. The van der Waals surface area contributed by atoms with E-state index in [1.165, 1.54) is 0 Å². The molecule has 1 saturated carbocycles. The first-order valence-corrected chi connectivity index (χ1v) is 6.28. The van der Waals surface area contributed by atoms with Crippen molar-refractivity contribution in [3.05, 3.63) is 18.2 Å². The summed E-state index contributed by atoms with van der Waals surface area (Å²) in [4.78, 5) is 18.5. The van der Waals surface area contributed by atoms with E-state index in [4.69, 9.17) is 5.73 Å². The number of rotatable bonds is 1. The molecule has 2 heterocycles. The summed E-state index contributed by atoms with van der Waals surface area (Å²) in [6.45, 7) is 2.31. The molecule has 0 radical (unpaired) electrons. The Hall–Kier alpha value is -0.780. The normalized spacial score (nSPS) is 25.2. The first-order chi connectivity index (χ1) is 8.24. The largest absolute Gasteiger partial charge is 0.333 e. The number of fused-ring (bicyclic) bond motifs is 1. The molecule has 19 heavy (non-hydrogen) atoms. The minimum absolute atomic E-state index is 0. The van der Waals surface area contributed by atoms with Crippen LogP contribution in [0.5, 0.6) is 0 Å². The van der Waals surface area contributed by atoms with Gasteiger partial charge in [0.1, 0.15) is 5.82 Å². The first kappa shape index (κ1) is 16.3. The second kappa shape index (κ2) is 6.59. The van der Waals surface area contributed by atoms with Crippen LogP contribution in [0.2, 0.25) is 0 Å². The van der Waals surface area contributed by atoms with Crippen LogP contribution in [-0.2, 0) is 17.9 Å². The van der Waals surface area contributed by atoms with Crippen LogP contribution >= 0.6 is 24.8 Å². The predicted molar refractivity (Wildman–Crippen MR) is 77.5 cm³/mol. The summed E-state index contributed by atoms with van der Waals surface area (Å²) in [6.07, 6.45) is 6.56. The minimum atomic E-state index is 0. The van der Waals surface area contributed by atoms with Gasteiger partial charge in [0.25, 0.3) is 0 Å². The van der Waals surface area contributed by atoms with Crippen molar-refractivity contribution in [1.29, 1.82) is 0 Å². The standard InChI is InChI=1S/C12H18N4O.2ClH/c13-10-2-1-9(7-10)12(17)16-6-5-15-4-3-14-11(15)8-16;;/h3-4,9-10H,1-2,5-8,13H2;2*1H. The summed E-state index contributed by atoms with van der Waals surface area (Å²) in [5.74, 6) is 1.41. The van der Waals surface area contributed by atoms with Crippen molar-refractivity contribution < 1.29 is 4.79 Å². The van der Waals surface area contributed by atoms with Gasteiger partial charge in [0.05, 0.1) is 6.54 Å². The molecule has 1 aliphatic heterocycles. The third-order valence-corrected chi connectivity index (χ3v) is 3.88.